The molecule has 2 aliphatic carbocycles. The molecule has 2 N–H and O–H groups in total. The summed E-state index contributed by atoms with van der Waals surface area (Å²) in [6.07, 6.45) is 5.80. The summed E-state index contributed by atoms with van der Waals surface area (Å²) in [5.74, 6) is -0.187. The lowest BCUT2D eigenvalue weighted by atomic mass is 10.0. The van der Waals surface area contributed by atoms with E-state index in [4.69, 9.17) is 0 Å². The molecule has 3 rings (SSSR count). The number of carbonyl (C=O) groups is 2. The zero-order valence-electron chi connectivity index (χ0n) is 13.2. The topological polar surface area (TPSA) is 58.2 Å². The van der Waals surface area contributed by atoms with Crippen LogP contribution in [0, 0.1) is 12.3 Å². The summed E-state index contributed by atoms with van der Waals surface area (Å²) < 4.78 is 0. The first-order chi connectivity index (χ1) is 10.6. The number of carbonyl (C=O) groups excluding carboxylic acids is 2. The molecule has 0 bridgehead atoms. The zero-order valence-corrected chi connectivity index (χ0v) is 13.2. The maximum Gasteiger partial charge on any atom is 0.235 e. The molecule has 2 amide bonds. The van der Waals surface area contributed by atoms with E-state index in [1.165, 1.54) is 12.8 Å². The standard InChI is InChI=1S/C18H24N2O2/c1-13-6-2-3-7-14(13)12-19-16(21)18(10-11-18)17(22)20-15-8-4-5-9-15/h2-3,6-7,15H,4-5,8-12H2,1H3,(H,19,21)(H,20,22). The van der Waals surface area contributed by atoms with Crippen LogP contribution in [0.25, 0.3) is 0 Å². The highest BCUT2D eigenvalue weighted by atomic mass is 16.2. The van der Waals surface area contributed by atoms with Gasteiger partial charge in [-0.2, -0.15) is 0 Å². The van der Waals surface area contributed by atoms with Crippen LogP contribution in [0.5, 0.6) is 0 Å². The van der Waals surface area contributed by atoms with Gasteiger partial charge in [-0.25, -0.2) is 0 Å². The highest BCUT2D eigenvalue weighted by Gasteiger charge is 2.56. The predicted octanol–water partition coefficient (Wildman–Crippen LogP) is 2.45. The highest BCUT2D eigenvalue weighted by molar-refractivity contribution is 6.07. The number of hydrogen-bond acceptors (Lipinski definition) is 2. The van der Waals surface area contributed by atoms with E-state index in [-0.39, 0.29) is 17.9 Å². The average Bonchev–Trinajstić information content (AvgIpc) is 3.18. The maximum atomic E-state index is 12.5. The second-order valence-corrected chi connectivity index (χ2v) is 6.65. The van der Waals surface area contributed by atoms with E-state index in [1.54, 1.807) is 0 Å². The second-order valence-electron chi connectivity index (χ2n) is 6.65. The summed E-state index contributed by atoms with van der Waals surface area (Å²) in [6, 6.07) is 8.26. The van der Waals surface area contributed by atoms with Gasteiger partial charge in [0.2, 0.25) is 11.8 Å². The molecule has 0 radical (unpaired) electrons. The molecule has 1 aromatic carbocycles. The minimum atomic E-state index is -0.800. The Balaban J connectivity index is 1.57. The molecular formula is C18H24N2O2. The van der Waals surface area contributed by atoms with Gasteiger partial charge < -0.3 is 10.6 Å². The molecule has 4 heteroatoms. The number of aryl methyl sites for hydroxylation is 1. The first-order valence-corrected chi connectivity index (χ1v) is 8.25. The molecule has 4 nitrogen and oxygen atoms in total. The quantitative estimate of drug-likeness (QED) is 0.821. The molecule has 1 aromatic rings. The summed E-state index contributed by atoms with van der Waals surface area (Å²) in [5.41, 5.74) is 1.46. The van der Waals surface area contributed by atoms with Crippen LogP contribution < -0.4 is 10.6 Å². The Bertz CT molecular complexity index is 572. The number of nitrogens with one attached hydrogen (secondary N) is 2. The molecule has 0 atom stereocenters. The van der Waals surface area contributed by atoms with Crippen LogP contribution >= 0.6 is 0 Å². The van der Waals surface area contributed by atoms with Gasteiger partial charge in [0, 0.05) is 12.6 Å². The monoisotopic (exact) mass is 300 g/mol. The molecule has 0 heterocycles. The van der Waals surface area contributed by atoms with Gasteiger partial charge in [-0.05, 0) is 43.7 Å². The molecule has 118 valence electrons. The van der Waals surface area contributed by atoms with Crippen molar-refractivity contribution >= 4 is 11.8 Å². The normalized spacial score (nSPS) is 19.7. The van der Waals surface area contributed by atoms with Gasteiger partial charge in [-0.15, -0.1) is 0 Å². The minimum Gasteiger partial charge on any atom is -0.352 e. The lowest BCUT2D eigenvalue weighted by Crippen LogP contribution is -2.45. The van der Waals surface area contributed by atoms with Crippen molar-refractivity contribution in [2.24, 2.45) is 5.41 Å². The fraction of sp³-hybridized carbons (Fsp3) is 0.556. The van der Waals surface area contributed by atoms with E-state index in [9.17, 15) is 9.59 Å². The Labute approximate surface area is 131 Å². The van der Waals surface area contributed by atoms with Crippen molar-refractivity contribution in [2.75, 3.05) is 0 Å². The van der Waals surface area contributed by atoms with Crippen LogP contribution in [-0.4, -0.2) is 17.9 Å². The predicted molar refractivity (Wildman–Crippen MR) is 85.1 cm³/mol. The van der Waals surface area contributed by atoms with Gasteiger partial charge in [-0.1, -0.05) is 37.1 Å². The number of rotatable bonds is 5. The van der Waals surface area contributed by atoms with E-state index in [2.05, 4.69) is 10.6 Å². The van der Waals surface area contributed by atoms with E-state index >= 15 is 0 Å². The summed E-state index contributed by atoms with van der Waals surface area (Å²) in [5, 5.41) is 6.02. The van der Waals surface area contributed by atoms with Crippen molar-refractivity contribution in [2.45, 2.75) is 58.0 Å². The molecule has 2 saturated carbocycles. The summed E-state index contributed by atoms with van der Waals surface area (Å²) in [7, 11) is 0. The zero-order chi connectivity index (χ0) is 15.6. The Hall–Kier alpha value is -1.84. The third-order valence-corrected chi connectivity index (χ3v) is 5.01. The maximum absolute atomic E-state index is 12.5. The lowest BCUT2D eigenvalue weighted by Gasteiger charge is -2.19. The lowest BCUT2D eigenvalue weighted by molar-refractivity contribution is -0.137. The molecule has 0 aliphatic heterocycles. The Morgan fingerprint density at radius 1 is 1.14 bits per heavy atom. The van der Waals surface area contributed by atoms with E-state index in [0.29, 0.717) is 19.4 Å². The van der Waals surface area contributed by atoms with Gasteiger partial charge in [0.15, 0.2) is 0 Å². The largest absolute Gasteiger partial charge is 0.352 e. The van der Waals surface area contributed by atoms with E-state index < -0.39 is 5.41 Å². The summed E-state index contributed by atoms with van der Waals surface area (Å²) in [4.78, 5) is 24.9. The minimum absolute atomic E-state index is 0.0679. The molecule has 2 aliphatic rings. The smallest absolute Gasteiger partial charge is 0.235 e. The van der Waals surface area contributed by atoms with E-state index in [1.807, 2.05) is 31.2 Å². The van der Waals surface area contributed by atoms with Crippen molar-refractivity contribution < 1.29 is 9.59 Å². The van der Waals surface area contributed by atoms with Gasteiger partial charge >= 0.3 is 0 Å². The number of hydrogen-bond donors (Lipinski definition) is 2. The van der Waals surface area contributed by atoms with Crippen LogP contribution in [0.1, 0.15) is 49.7 Å². The molecule has 0 unspecified atom stereocenters. The van der Waals surface area contributed by atoms with Gasteiger partial charge in [0.05, 0.1) is 0 Å². The van der Waals surface area contributed by atoms with Crippen LogP contribution in [0.3, 0.4) is 0 Å². The number of benzene rings is 1. The Kier molecular flexibility index (Phi) is 4.19. The highest BCUT2D eigenvalue weighted by Crippen LogP contribution is 2.46. The van der Waals surface area contributed by atoms with Crippen molar-refractivity contribution in [3.63, 3.8) is 0 Å². The van der Waals surface area contributed by atoms with Gasteiger partial charge in [-0.3, -0.25) is 9.59 Å². The Morgan fingerprint density at radius 2 is 1.82 bits per heavy atom. The SMILES string of the molecule is Cc1ccccc1CNC(=O)C1(C(=O)NC2CCCC2)CC1. The van der Waals surface area contributed by atoms with Crippen LogP contribution in [0.4, 0.5) is 0 Å². The number of amides is 2. The molecule has 2 fully saturated rings. The molecule has 0 spiro atoms. The fourth-order valence-electron chi connectivity index (χ4n) is 3.23. The molecular weight excluding hydrogens is 276 g/mol. The first kappa shape index (κ1) is 15.1. The Morgan fingerprint density at radius 3 is 2.45 bits per heavy atom. The summed E-state index contributed by atoms with van der Waals surface area (Å²) in [6.45, 7) is 2.52. The molecule has 0 aromatic heterocycles. The van der Waals surface area contributed by atoms with Gasteiger partial charge in [0.25, 0.3) is 0 Å². The third-order valence-electron chi connectivity index (χ3n) is 5.01. The fourth-order valence-corrected chi connectivity index (χ4v) is 3.23. The average molecular weight is 300 g/mol. The molecule has 0 saturated heterocycles. The van der Waals surface area contributed by atoms with E-state index in [0.717, 1.165) is 24.0 Å². The molecule has 22 heavy (non-hydrogen) atoms. The van der Waals surface area contributed by atoms with Crippen molar-refractivity contribution in [3.05, 3.63) is 35.4 Å². The van der Waals surface area contributed by atoms with Crippen LogP contribution in [-0.2, 0) is 16.1 Å². The van der Waals surface area contributed by atoms with Crippen molar-refractivity contribution in [1.29, 1.82) is 0 Å². The second kappa shape index (κ2) is 6.11. The third kappa shape index (κ3) is 3.01. The first-order valence-electron chi connectivity index (χ1n) is 8.25. The van der Waals surface area contributed by atoms with Crippen molar-refractivity contribution in [3.8, 4) is 0 Å². The van der Waals surface area contributed by atoms with Crippen molar-refractivity contribution in [1.82, 2.24) is 10.6 Å². The summed E-state index contributed by atoms with van der Waals surface area (Å²) >= 11 is 0. The van der Waals surface area contributed by atoms with Crippen LogP contribution in [0.2, 0.25) is 0 Å². The van der Waals surface area contributed by atoms with Crippen LogP contribution in [0.15, 0.2) is 24.3 Å². The van der Waals surface area contributed by atoms with Gasteiger partial charge in [0.1, 0.15) is 5.41 Å².